The summed E-state index contributed by atoms with van der Waals surface area (Å²) in [7, 11) is 0. The number of halogens is 3. The normalized spacial score (nSPS) is 21.8. The van der Waals surface area contributed by atoms with E-state index < -0.39 is 17.8 Å². The highest BCUT2D eigenvalue weighted by atomic mass is 19.4. The zero-order valence-electron chi connectivity index (χ0n) is 15.1. The third kappa shape index (κ3) is 5.00. The summed E-state index contributed by atoms with van der Waals surface area (Å²) in [4.78, 5) is 28.5. The summed E-state index contributed by atoms with van der Waals surface area (Å²) in [6.45, 7) is 2.54. The summed E-state index contributed by atoms with van der Waals surface area (Å²) in [5.74, 6) is -0.302. The minimum Gasteiger partial charge on any atom is -0.353 e. The van der Waals surface area contributed by atoms with Crippen molar-refractivity contribution in [3.05, 3.63) is 35.4 Å². The number of piperazine rings is 1. The molecule has 2 fully saturated rings. The van der Waals surface area contributed by atoms with Crippen LogP contribution in [0.25, 0.3) is 0 Å². The van der Waals surface area contributed by atoms with E-state index in [1.54, 1.807) is 15.9 Å². The molecule has 1 N–H and O–H groups in total. The highest BCUT2D eigenvalue weighted by molar-refractivity contribution is 5.88. The van der Waals surface area contributed by atoms with Crippen molar-refractivity contribution in [3.63, 3.8) is 0 Å². The molecule has 1 atom stereocenters. The van der Waals surface area contributed by atoms with E-state index in [2.05, 4.69) is 5.32 Å². The summed E-state index contributed by atoms with van der Waals surface area (Å²) in [5, 5.41) is 2.76. The van der Waals surface area contributed by atoms with Crippen molar-refractivity contribution in [1.82, 2.24) is 15.1 Å². The van der Waals surface area contributed by atoms with Crippen molar-refractivity contribution >= 4 is 11.8 Å². The molecule has 2 amide bonds. The fraction of sp³-hybridized carbons (Fsp3) is 0.579. The molecule has 27 heavy (non-hydrogen) atoms. The van der Waals surface area contributed by atoms with Crippen molar-refractivity contribution in [2.45, 2.75) is 44.4 Å². The first-order valence-corrected chi connectivity index (χ1v) is 9.30. The number of likely N-dealkylation sites (tertiary alicyclic amines) is 1. The number of piperidine rings is 1. The monoisotopic (exact) mass is 383 g/mol. The van der Waals surface area contributed by atoms with Crippen molar-refractivity contribution in [2.24, 2.45) is 0 Å². The van der Waals surface area contributed by atoms with Gasteiger partial charge >= 0.3 is 6.18 Å². The van der Waals surface area contributed by atoms with Gasteiger partial charge in [-0.1, -0.05) is 18.2 Å². The number of carbonyl (C=O) groups excluding carboxylic acids is 2. The smallest absolute Gasteiger partial charge is 0.353 e. The van der Waals surface area contributed by atoms with E-state index in [1.165, 1.54) is 6.07 Å². The van der Waals surface area contributed by atoms with Crippen LogP contribution in [-0.4, -0.2) is 53.8 Å². The second kappa shape index (κ2) is 8.29. The van der Waals surface area contributed by atoms with E-state index in [4.69, 9.17) is 0 Å². The first-order valence-electron chi connectivity index (χ1n) is 9.30. The molecule has 1 unspecified atom stereocenters. The number of alkyl halides is 3. The Balaban J connectivity index is 1.70. The lowest BCUT2D eigenvalue weighted by Gasteiger charge is -2.36. The second-order valence-corrected chi connectivity index (χ2v) is 7.12. The molecule has 5 nitrogen and oxygen atoms in total. The lowest BCUT2D eigenvalue weighted by atomic mass is 10.0. The minimum atomic E-state index is -4.40. The van der Waals surface area contributed by atoms with Crippen molar-refractivity contribution in [1.29, 1.82) is 0 Å². The number of amides is 2. The van der Waals surface area contributed by atoms with E-state index in [-0.39, 0.29) is 24.8 Å². The molecule has 0 radical (unpaired) electrons. The molecule has 1 aromatic rings. The zero-order chi connectivity index (χ0) is 19.4. The van der Waals surface area contributed by atoms with Crippen LogP contribution in [0.2, 0.25) is 0 Å². The Morgan fingerprint density at radius 2 is 1.89 bits per heavy atom. The number of benzene rings is 1. The third-order valence-corrected chi connectivity index (χ3v) is 5.16. The van der Waals surface area contributed by atoms with E-state index in [1.807, 2.05) is 0 Å². The summed E-state index contributed by atoms with van der Waals surface area (Å²) >= 11 is 0. The molecule has 1 aromatic carbocycles. The Labute approximate surface area is 156 Å². The van der Waals surface area contributed by atoms with Gasteiger partial charge in [0.15, 0.2) is 0 Å². The number of hydrogen-bond acceptors (Lipinski definition) is 3. The summed E-state index contributed by atoms with van der Waals surface area (Å²) in [6, 6.07) is 4.48. The van der Waals surface area contributed by atoms with Gasteiger partial charge in [0, 0.05) is 32.7 Å². The SMILES string of the molecule is O=C1NCCN(Cc2cccc(C(F)(F)F)c2)C1CC(=O)N1CCCCC1. The van der Waals surface area contributed by atoms with E-state index in [9.17, 15) is 22.8 Å². The average Bonchev–Trinajstić information content (AvgIpc) is 2.65. The van der Waals surface area contributed by atoms with E-state index in [0.29, 0.717) is 31.7 Å². The van der Waals surface area contributed by atoms with Crippen molar-refractivity contribution in [3.8, 4) is 0 Å². The van der Waals surface area contributed by atoms with Gasteiger partial charge in [0.05, 0.1) is 18.0 Å². The summed E-state index contributed by atoms with van der Waals surface area (Å²) in [6.07, 6.45) is -1.30. The van der Waals surface area contributed by atoms with Crippen LogP contribution in [0, 0.1) is 0 Å². The Morgan fingerprint density at radius 1 is 1.15 bits per heavy atom. The Hall–Kier alpha value is -2.09. The summed E-state index contributed by atoms with van der Waals surface area (Å²) in [5.41, 5.74) is -0.225. The molecule has 148 valence electrons. The predicted octanol–water partition coefficient (Wildman–Crippen LogP) is 2.41. The van der Waals surface area contributed by atoms with Gasteiger partial charge in [-0.2, -0.15) is 13.2 Å². The van der Waals surface area contributed by atoms with Crippen LogP contribution < -0.4 is 5.32 Å². The van der Waals surface area contributed by atoms with Crippen LogP contribution in [0.5, 0.6) is 0 Å². The van der Waals surface area contributed by atoms with Gasteiger partial charge < -0.3 is 10.2 Å². The second-order valence-electron chi connectivity index (χ2n) is 7.12. The molecular formula is C19H24F3N3O2. The molecule has 3 rings (SSSR count). The number of nitrogens with one attached hydrogen (secondary N) is 1. The molecule has 2 saturated heterocycles. The Bertz CT molecular complexity index is 687. The van der Waals surface area contributed by atoms with Gasteiger partial charge in [-0.25, -0.2) is 0 Å². The minimum absolute atomic E-state index is 0.0603. The van der Waals surface area contributed by atoms with Crippen LogP contribution in [0.1, 0.15) is 36.8 Å². The van der Waals surface area contributed by atoms with Gasteiger partial charge in [-0.15, -0.1) is 0 Å². The van der Waals surface area contributed by atoms with Gasteiger partial charge in [-0.3, -0.25) is 14.5 Å². The average molecular weight is 383 g/mol. The van der Waals surface area contributed by atoms with Gasteiger partial charge in [0.1, 0.15) is 0 Å². The molecule has 2 heterocycles. The van der Waals surface area contributed by atoms with E-state index >= 15 is 0 Å². The molecule has 0 spiro atoms. The maximum atomic E-state index is 12.9. The molecule has 0 aliphatic carbocycles. The predicted molar refractivity (Wildman–Crippen MR) is 93.7 cm³/mol. The first kappa shape index (κ1) is 19.7. The lowest BCUT2D eigenvalue weighted by molar-refractivity contribution is -0.139. The van der Waals surface area contributed by atoms with Crippen LogP contribution in [0.3, 0.4) is 0 Å². The Kier molecular flexibility index (Phi) is 6.04. The number of nitrogens with zero attached hydrogens (tertiary/aromatic N) is 2. The zero-order valence-corrected chi connectivity index (χ0v) is 15.1. The van der Waals surface area contributed by atoms with E-state index in [0.717, 1.165) is 31.4 Å². The standard InChI is InChI=1S/C19H24F3N3O2/c20-19(21,22)15-6-4-5-14(11-15)13-25-10-7-23-18(27)16(25)12-17(26)24-8-2-1-3-9-24/h4-6,11,16H,1-3,7-10,12-13H2,(H,23,27). The largest absolute Gasteiger partial charge is 0.416 e. The number of rotatable bonds is 4. The quantitative estimate of drug-likeness (QED) is 0.869. The summed E-state index contributed by atoms with van der Waals surface area (Å²) < 4.78 is 38.8. The fourth-order valence-corrected chi connectivity index (χ4v) is 3.69. The molecular weight excluding hydrogens is 359 g/mol. The topological polar surface area (TPSA) is 52.7 Å². The first-order chi connectivity index (χ1) is 12.8. The number of carbonyl (C=O) groups is 2. The fourth-order valence-electron chi connectivity index (χ4n) is 3.69. The van der Waals surface area contributed by atoms with Crippen molar-refractivity contribution < 1.29 is 22.8 Å². The Morgan fingerprint density at radius 3 is 2.59 bits per heavy atom. The van der Waals surface area contributed by atoms with Crippen LogP contribution >= 0.6 is 0 Å². The van der Waals surface area contributed by atoms with Gasteiger partial charge in [0.25, 0.3) is 0 Å². The molecule has 0 aromatic heterocycles. The van der Waals surface area contributed by atoms with Crippen LogP contribution in [0.15, 0.2) is 24.3 Å². The maximum Gasteiger partial charge on any atom is 0.416 e. The van der Waals surface area contributed by atoms with Crippen LogP contribution in [0.4, 0.5) is 13.2 Å². The molecule has 0 saturated carbocycles. The molecule has 0 bridgehead atoms. The van der Waals surface area contributed by atoms with Gasteiger partial charge in [0.2, 0.25) is 11.8 Å². The van der Waals surface area contributed by atoms with Gasteiger partial charge in [-0.05, 0) is 30.9 Å². The highest BCUT2D eigenvalue weighted by Crippen LogP contribution is 2.30. The molecule has 2 aliphatic rings. The third-order valence-electron chi connectivity index (χ3n) is 5.16. The highest BCUT2D eigenvalue weighted by Gasteiger charge is 2.34. The van der Waals surface area contributed by atoms with Crippen molar-refractivity contribution in [2.75, 3.05) is 26.2 Å². The number of hydrogen-bond donors (Lipinski definition) is 1. The lowest BCUT2D eigenvalue weighted by Crippen LogP contribution is -2.56. The van der Waals surface area contributed by atoms with Crippen LogP contribution in [-0.2, 0) is 22.3 Å². The molecule has 8 heteroatoms. The molecule has 2 aliphatic heterocycles. The maximum absolute atomic E-state index is 12.9.